The summed E-state index contributed by atoms with van der Waals surface area (Å²) in [5.74, 6) is 0.719. The second-order valence-corrected chi connectivity index (χ2v) is 5.91. The molecule has 26 heavy (non-hydrogen) atoms. The van der Waals surface area contributed by atoms with Gasteiger partial charge in [0.25, 0.3) is 6.43 Å². The number of hydrogen-bond donors (Lipinski definition) is 1. The molecule has 0 spiro atoms. The molecule has 0 aliphatic carbocycles. The Balaban J connectivity index is 1.70. The Hall–Kier alpha value is -2.72. The van der Waals surface area contributed by atoms with Crippen molar-refractivity contribution in [1.29, 1.82) is 0 Å². The minimum Gasteiger partial charge on any atom is -0.373 e. The molecule has 4 rings (SSSR count). The van der Waals surface area contributed by atoms with Crippen molar-refractivity contribution in [3.8, 4) is 11.4 Å². The summed E-state index contributed by atoms with van der Waals surface area (Å²) in [5, 5.41) is 3.97. The lowest BCUT2D eigenvalue weighted by atomic mass is 10.2. The molecule has 1 aliphatic rings. The number of hydrogen-bond acceptors (Lipinski definition) is 7. The lowest BCUT2D eigenvalue weighted by Gasteiger charge is -2.33. The van der Waals surface area contributed by atoms with Gasteiger partial charge in [-0.1, -0.05) is 0 Å². The number of alkyl halides is 2. The van der Waals surface area contributed by atoms with Crippen molar-refractivity contribution in [2.24, 2.45) is 5.73 Å². The summed E-state index contributed by atoms with van der Waals surface area (Å²) in [6.07, 6.45) is 0.296. The SMILES string of the molecule is NCC1CN(c2cc(-c3cnc4ccc(C(F)F)nn34)ncn2)CCO1. The molecule has 1 saturated heterocycles. The smallest absolute Gasteiger partial charge is 0.282 e. The molecule has 8 nitrogen and oxygen atoms in total. The zero-order valence-corrected chi connectivity index (χ0v) is 13.8. The highest BCUT2D eigenvalue weighted by atomic mass is 19.3. The first-order chi connectivity index (χ1) is 12.7. The van der Waals surface area contributed by atoms with E-state index in [-0.39, 0.29) is 11.8 Å². The summed E-state index contributed by atoms with van der Waals surface area (Å²) in [4.78, 5) is 14.8. The maximum absolute atomic E-state index is 13.0. The number of nitrogens with two attached hydrogens (primary N) is 1. The largest absolute Gasteiger partial charge is 0.373 e. The zero-order valence-electron chi connectivity index (χ0n) is 13.8. The van der Waals surface area contributed by atoms with Crippen LogP contribution in [0.4, 0.5) is 14.6 Å². The number of imidazole rings is 1. The molecule has 10 heteroatoms. The van der Waals surface area contributed by atoms with Crippen LogP contribution in [0.1, 0.15) is 12.1 Å². The summed E-state index contributed by atoms with van der Waals surface area (Å²) < 4.78 is 32.9. The number of morpholine rings is 1. The summed E-state index contributed by atoms with van der Waals surface area (Å²) in [7, 11) is 0. The van der Waals surface area contributed by atoms with E-state index in [1.165, 1.54) is 23.0 Å². The molecular weight excluding hydrogens is 344 g/mol. The minimum atomic E-state index is -2.66. The van der Waals surface area contributed by atoms with Crippen molar-refractivity contribution < 1.29 is 13.5 Å². The van der Waals surface area contributed by atoms with E-state index in [9.17, 15) is 8.78 Å². The summed E-state index contributed by atoms with van der Waals surface area (Å²) >= 11 is 0. The Morgan fingerprint density at radius 3 is 2.96 bits per heavy atom. The van der Waals surface area contributed by atoms with Crippen molar-refractivity contribution in [2.45, 2.75) is 12.5 Å². The maximum atomic E-state index is 13.0. The molecule has 1 unspecified atom stereocenters. The van der Waals surface area contributed by atoms with Gasteiger partial charge in [0.05, 0.1) is 24.6 Å². The predicted octanol–water partition coefficient (Wildman–Crippen LogP) is 1.29. The molecule has 1 fully saturated rings. The van der Waals surface area contributed by atoms with Crippen LogP contribution in [0.3, 0.4) is 0 Å². The maximum Gasteiger partial charge on any atom is 0.282 e. The Labute approximate surface area is 147 Å². The van der Waals surface area contributed by atoms with E-state index in [0.717, 1.165) is 5.82 Å². The van der Waals surface area contributed by atoms with Gasteiger partial charge in [-0.2, -0.15) is 5.10 Å². The number of aromatic nitrogens is 5. The monoisotopic (exact) mass is 361 g/mol. The highest BCUT2D eigenvalue weighted by Gasteiger charge is 2.21. The van der Waals surface area contributed by atoms with Gasteiger partial charge < -0.3 is 15.4 Å². The molecule has 0 radical (unpaired) electrons. The lowest BCUT2D eigenvalue weighted by Crippen LogP contribution is -2.46. The van der Waals surface area contributed by atoms with Gasteiger partial charge in [0.1, 0.15) is 23.5 Å². The third kappa shape index (κ3) is 3.08. The first-order valence-corrected chi connectivity index (χ1v) is 8.17. The normalized spacial score (nSPS) is 18.0. The average molecular weight is 361 g/mol. The van der Waals surface area contributed by atoms with Crippen LogP contribution < -0.4 is 10.6 Å². The van der Waals surface area contributed by atoms with E-state index in [1.807, 2.05) is 0 Å². The quantitative estimate of drug-likeness (QED) is 0.748. The third-order valence-corrected chi connectivity index (χ3v) is 4.25. The first kappa shape index (κ1) is 16.7. The van der Waals surface area contributed by atoms with Gasteiger partial charge in [-0.25, -0.2) is 28.2 Å². The summed E-state index contributed by atoms with van der Waals surface area (Å²) in [6, 6.07) is 4.57. The molecule has 3 aromatic heterocycles. The molecule has 0 aromatic carbocycles. The molecule has 0 bridgehead atoms. The minimum absolute atomic E-state index is 0.0479. The fraction of sp³-hybridized carbons (Fsp3) is 0.375. The summed E-state index contributed by atoms with van der Waals surface area (Å²) in [6.45, 7) is 2.32. The van der Waals surface area contributed by atoms with Crippen molar-refractivity contribution in [1.82, 2.24) is 24.6 Å². The Bertz CT molecular complexity index is 917. The molecule has 136 valence electrons. The molecule has 1 aliphatic heterocycles. The van der Waals surface area contributed by atoms with E-state index in [2.05, 4.69) is 25.0 Å². The van der Waals surface area contributed by atoms with Crippen LogP contribution in [0, 0.1) is 0 Å². The van der Waals surface area contributed by atoms with E-state index >= 15 is 0 Å². The van der Waals surface area contributed by atoms with E-state index in [4.69, 9.17) is 10.5 Å². The number of rotatable bonds is 4. The molecule has 0 saturated carbocycles. The number of fused-ring (bicyclic) bond motifs is 1. The Morgan fingerprint density at radius 1 is 1.27 bits per heavy atom. The highest BCUT2D eigenvalue weighted by molar-refractivity contribution is 5.62. The van der Waals surface area contributed by atoms with Gasteiger partial charge in [0.2, 0.25) is 0 Å². The predicted molar refractivity (Wildman–Crippen MR) is 90.0 cm³/mol. The van der Waals surface area contributed by atoms with Gasteiger partial charge in [0.15, 0.2) is 5.65 Å². The summed E-state index contributed by atoms with van der Waals surface area (Å²) in [5.41, 5.74) is 6.92. The van der Waals surface area contributed by atoms with Crippen molar-refractivity contribution in [2.75, 3.05) is 31.1 Å². The van der Waals surface area contributed by atoms with Gasteiger partial charge in [-0.15, -0.1) is 0 Å². The average Bonchev–Trinajstić information content (AvgIpc) is 3.11. The molecule has 0 amide bonds. The van der Waals surface area contributed by atoms with E-state index in [0.29, 0.717) is 43.3 Å². The number of ether oxygens (including phenoxy) is 1. The van der Waals surface area contributed by atoms with Crippen LogP contribution in [-0.4, -0.2) is 56.9 Å². The number of anilines is 1. The Kier molecular flexibility index (Phi) is 4.43. The van der Waals surface area contributed by atoms with E-state index in [1.54, 1.807) is 12.3 Å². The molecule has 3 aromatic rings. The van der Waals surface area contributed by atoms with Crippen molar-refractivity contribution in [3.05, 3.63) is 36.4 Å². The van der Waals surface area contributed by atoms with E-state index < -0.39 is 6.43 Å². The van der Waals surface area contributed by atoms with Crippen LogP contribution in [0.25, 0.3) is 17.0 Å². The topological polar surface area (TPSA) is 94.5 Å². The molecule has 4 heterocycles. The van der Waals surface area contributed by atoms with Crippen LogP contribution in [-0.2, 0) is 4.74 Å². The van der Waals surface area contributed by atoms with Crippen LogP contribution in [0.5, 0.6) is 0 Å². The standard InChI is InChI=1S/C16H17F2N7O/c17-16(18)11-1-2-14-20-7-13(25(14)23-11)12-5-15(22-9-21-12)24-3-4-26-10(6-19)8-24/h1-2,5,7,9-10,16H,3-4,6,8,19H2. The van der Waals surface area contributed by atoms with Gasteiger partial charge >= 0.3 is 0 Å². The van der Waals surface area contributed by atoms with Gasteiger partial charge in [-0.3, -0.25) is 0 Å². The van der Waals surface area contributed by atoms with Crippen molar-refractivity contribution >= 4 is 11.5 Å². The number of nitrogens with zero attached hydrogens (tertiary/aromatic N) is 6. The second kappa shape index (κ2) is 6.89. The fourth-order valence-corrected chi connectivity index (χ4v) is 2.91. The molecule has 1 atom stereocenters. The fourth-order valence-electron chi connectivity index (χ4n) is 2.91. The Morgan fingerprint density at radius 2 is 2.15 bits per heavy atom. The third-order valence-electron chi connectivity index (χ3n) is 4.25. The first-order valence-electron chi connectivity index (χ1n) is 8.17. The van der Waals surface area contributed by atoms with Gasteiger partial charge in [-0.05, 0) is 12.1 Å². The highest BCUT2D eigenvalue weighted by Crippen LogP contribution is 2.24. The second-order valence-electron chi connectivity index (χ2n) is 5.91. The van der Waals surface area contributed by atoms with Crippen LogP contribution >= 0.6 is 0 Å². The van der Waals surface area contributed by atoms with Gasteiger partial charge in [0, 0.05) is 25.7 Å². The lowest BCUT2D eigenvalue weighted by molar-refractivity contribution is 0.0463. The molecule has 2 N–H and O–H groups in total. The molecular formula is C16H17F2N7O. The number of halogens is 2. The van der Waals surface area contributed by atoms with Crippen molar-refractivity contribution in [3.63, 3.8) is 0 Å². The van der Waals surface area contributed by atoms with Crippen LogP contribution in [0.2, 0.25) is 0 Å². The van der Waals surface area contributed by atoms with Crippen LogP contribution in [0.15, 0.2) is 30.7 Å². The zero-order chi connectivity index (χ0) is 18.1.